The lowest BCUT2D eigenvalue weighted by Crippen LogP contribution is -2.01. The lowest BCUT2D eigenvalue weighted by Gasteiger charge is -2.18. The predicted octanol–water partition coefficient (Wildman–Crippen LogP) is 17.6. The van der Waals surface area contributed by atoms with Crippen molar-refractivity contribution in [2.75, 3.05) is 0 Å². The average molecular weight is 919 g/mol. The standard InChI is InChI=1S/C68H46N4/c1-7-25-47(26-8-1)61-63(49-29-11-3-12-30-49)69-67(70-64(61)50-31-13-4-14-32-50)55-39-23-37-53(45-55)57-41-19-21-43-59(57)60-44-22-20-42-58(60)54-38-24-40-56(46-54)68-71-65(51-33-15-5-16-34-51)62(48-27-9-2-10-28-48)66(72-68)52-35-17-6-18-36-52/h1-46H. The van der Waals surface area contributed by atoms with Crippen LogP contribution < -0.4 is 0 Å². The summed E-state index contributed by atoms with van der Waals surface area (Å²) in [5.41, 5.74) is 20.3. The van der Waals surface area contributed by atoms with Gasteiger partial charge in [0.1, 0.15) is 0 Å². The normalized spacial score (nSPS) is 11.1. The van der Waals surface area contributed by atoms with E-state index >= 15 is 0 Å². The van der Waals surface area contributed by atoms with Crippen molar-refractivity contribution < 1.29 is 0 Å². The Labute approximate surface area is 420 Å². The number of rotatable bonds is 11. The topological polar surface area (TPSA) is 51.6 Å². The molecule has 0 aliphatic rings. The van der Waals surface area contributed by atoms with Crippen LogP contribution in [-0.4, -0.2) is 19.9 Å². The van der Waals surface area contributed by atoms with Crippen LogP contribution in [0.5, 0.6) is 0 Å². The maximum atomic E-state index is 5.42. The maximum Gasteiger partial charge on any atom is 0.160 e. The Hall–Kier alpha value is -9.64. The lowest BCUT2D eigenvalue weighted by atomic mass is 9.88. The Morgan fingerprint density at radius 2 is 0.389 bits per heavy atom. The van der Waals surface area contributed by atoms with E-state index in [0.717, 1.165) is 112 Å². The molecule has 2 heterocycles. The van der Waals surface area contributed by atoms with Crippen LogP contribution in [0.25, 0.3) is 123 Å². The molecule has 4 heteroatoms. The van der Waals surface area contributed by atoms with Crippen LogP contribution in [0.2, 0.25) is 0 Å². The van der Waals surface area contributed by atoms with Crippen LogP contribution in [-0.2, 0) is 0 Å². The largest absolute Gasteiger partial charge is 0.227 e. The van der Waals surface area contributed by atoms with Crippen LogP contribution in [0.3, 0.4) is 0 Å². The zero-order valence-corrected chi connectivity index (χ0v) is 39.3. The van der Waals surface area contributed by atoms with E-state index in [-0.39, 0.29) is 0 Å². The molecule has 0 aliphatic carbocycles. The fourth-order valence-corrected chi connectivity index (χ4v) is 9.75. The minimum atomic E-state index is 0.661. The second kappa shape index (κ2) is 19.8. The van der Waals surface area contributed by atoms with E-state index in [2.05, 4.69) is 243 Å². The molecular weight excluding hydrogens is 873 g/mol. The van der Waals surface area contributed by atoms with Crippen LogP contribution >= 0.6 is 0 Å². The summed E-state index contributed by atoms with van der Waals surface area (Å²) in [6.07, 6.45) is 0. The van der Waals surface area contributed by atoms with E-state index in [1.807, 2.05) is 36.4 Å². The quantitative estimate of drug-likeness (QED) is 0.130. The fraction of sp³-hybridized carbons (Fsp3) is 0. The van der Waals surface area contributed by atoms with E-state index in [4.69, 9.17) is 19.9 Å². The van der Waals surface area contributed by atoms with Gasteiger partial charge >= 0.3 is 0 Å². The first-order valence-electron chi connectivity index (χ1n) is 24.3. The SMILES string of the molecule is c1ccc(-c2nc(-c3cccc(-c4ccccc4-c4ccccc4-c4cccc(-c5nc(-c6ccccc6)c(-c6ccccc6)c(-c6ccccc6)n5)c4)c3)nc(-c3ccccc3)c2-c2ccccc2)cc1. The van der Waals surface area contributed by atoms with Gasteiger partial charge in [0.05, 0.1) is 22.8 Å². The van der Waals surface area contributed by atoms with Crippen molar-refractivity contribution in [2.45, 2.75) is 0 Å². The van der Waals surface area contributed by atoms with Gasteiger partial charge in [-0.1, -0.05) is 267 Å². The summed E-state index contributed by atoms with van der Waals surface area (Å²) in [7, 11) is 0. The molecule has 0 N–H and O–H groups in total. The Morgan fingerprint density at radius 1 is 0.167 bits per heavy atom. The highest BCUT2D eigenvalue weighted by Crippen LogP contribution is 2.44. The van der Waals surface area contributed by atoms with Gasteiger partial charge in [0.25, 0.3) is 0 Å². The highest BCUT2D eigenvalue weighted by atomic mass is 14.9. The van der Waals surface area contributed by atoms with Gasteiger partial charge in [-0.05, 0) is 56.6 Å². The molecule has 0 amide bonds. The van der Waals surface area contributed by atoms with Gasteiger partial charge < -0.3 is 0 Å². The third-order valence-electron chi connectivity index (χ3n) is 13.1. The van der Waals surface area contributed by atoms with Crippen LogP contribution in [0, 0.1) is 0 Å². The number of benzene rings is 10. The minimum absolute atomic E-state index is 0.661. The van der Waals surface area contributed by atoms with Gasteiger partial charge in [-0.15, -0.1) is 0 Å². The third kappa shape index (κ3) is 8.70. The molecular formula is C68H46N4. The molecule has 10 aromatic carbocycles. The summed E-state index contributed by atoms with van der Waals surface area (Å²) in [5, 5.41) is 0. The van der Waals surface area contributed by atoms with Crippen molar-refractivity contribution >= 4 is 0 Å². The molecule has 0 saturated heterocycles. The molecule has 338 valence electrons. The minimum Gasteiger partial charge on any atom is -0.227 e. The first kappa shape index (κ1) is 43.6. The molecule has 0 fully saturated rings. The van der Waals surface area contributed by atoms with Gasteiger partial charge in [0.2, 0.25) is 0 Å². The lowest BCUT2D eigenvalue weighted by molar-refractivity contribution is 1.18. The van der Waals surface area contributed by atoms with Crippen LogP contribution in [0.4, 0.5) is 0 Å². The predicted molar refractivity (Wildman–Crippen MR) is 297 cm³/mol. The molecule has 0 bridgehead atoms. The second-order valence-electron chi connectivity index (χ2n) is 17.7. The number of nitrogens with zero attached hydrogens (tertiary/aromatic N) is 4. The summed E-state index contributed by atoms with van der Waals surface area (Å²) in [6, 6.07) is 97.4. The van der Waals surface area contributed by atoms with E-state index in [0.29, 0.717) is 11.6 Å². The Morgan fingerprint density at radius 3 is 0.681 bits per heavy atom. The third-order valence-corrected chi connectivity index (χ3v) is 13.1. The van der Waals surface area contributed by atoms with Crippen molar-refractivity contribution in [3.8, 4) is 123 Å². The highest BCUT2D eigenvalue weighted by Gasteiger charge is 2.23. The van der Waals surface area contributed by atoms with Gasteiger partial charge in [0.15, 0.2) is 11.6 Å². The zero-order valence-electron chi connectivity index (χ0n) is 39.3. The summed E-state index contributed by atoms with van der Waals surface area (Å²) >= 11 is 0. The van der Waals surface area contributed by atoms with Crippen molar-refractivity contribution in [3.63, 3.8) is 0 Å². The van der Waals surface area contributed by atoms with E-state index in [1.165, 1.54) is 0 Å². The van der Waals surface area contributed by atoms with Gasteiger partial charge in [0, 0.05) is 44.5 Å². The molecule has 4 nitrogen and oxygen atoms in total. The van der Waals surface area contributed by atoms with Crippen LogP contribution in [0.1, 0.15) is 0 Å². The highest BCUT2D eigenvalue weighted by molar-refractivity contribution is 5.96. The molecule has 0 spiro atoms. The number of aromatic nitrogens is 4. The van der Waals surface area contributed by atoms with E-state index < -0.39 is 0 Å². The van der Waals surface area contributed by atoms with Crippen molar-refractivity contribution in [2.24, 2.45) is 0 Å². The molecule has 72 heavy (non-hydrogen) atoms. The Balaban J connectivity index is 0.975. The summed E-state index contributed by atoms with van der Waals surface area (Å²) in [5.74, 6) is 1.32. The van der Waals surface area contributed by atoms with Gasteiger partial charge in [-0.3, -0.25) is 0 Å². The fourth-order valence-electron chi connectivity index (χ4n) is 9.75. The zero-order chi connectivity index (χ0) is 48.1. The second-order valence-corrected chi connectivity index (χ2v) is 17.7. The molecule has 0 saturated carbocycles. The molecule has 12 aromatic rings. The van der Waals surface area contributed by atoms with E-state index in [9.17, 15) is 0 Å². The number of hydrogen-bond donors (Lipinski definition) is 0. The molecule has 0 unspecified atom stereocenters. The van der Waals surface area contributed by atoms with Crippen LogP contribution in [0.15, 0.2) is 279 Å². The smallest absolute Gasteiger partial charge is 0.160 e. The van der Waals surface area contributed by atoms with Crippen molar-refractivity contribution in [1.29, 1.82) is 0 Å². The maximum absolute atomic E-state index is 5.42. The average Bonchev–Trinajstić information content (AvgIpc) is 3.48. The molecule has 0 aliphatic heterocycles. The van der Waals surface area contributed by atoms with E-state index in [1.54, 1.807) is 0 Å². The monoisotopic (exact) mass is 918 g/mol. The molecule has 0 radical (unpaired) electrons. The first-order valence-corrected chi connectivity index (χ1v) is 24.3. The molecule has 2 aromatic heterocycles. The first-order chi connectivity index (χ1) is 35.7. The molecule has 12 rings (SSSR count). The summed E-state index contributed by atoms with van der Waals surface area (Å²) < 4.78 is 0. The number of hydrogen-bond acceptors (Lipinski definition) is 4. The molecule has 0 atom stereocenters. The van der Waals surface area contributed by atoms with Crippen molar-refractivity contribution in [3.05, 3.63) is 279 Å². The summed E-state index contributed by atoms with van der Waals surface area (Å²) in [6.45, 7) is 0. The Bertz CT molecular complexity index is 3450. The summed E-state index contributed by atoms with van der Waals surface area (Å²) in [4.78, 5) is 21.7. The van der Waals surface area contributed by atoms with Gasteiger partial charge in [-0.25, -0.2) is 19.9 Å². The van der Waals surface area contributed by atoms with Crippen molar-refractivity contribution in [1.82, 2.24) is 19.9 Å². The Kier molecular flexibility index (Phi) is 12.0. The van der Waals surface area contributed by atoms with Gasteiger partial charge in [-0.2, -0.15) is 0 Å².